The molecule has 0 spiro atoms. The van der Waals surface area contributed by atoms with Crippen molar-refractivity contribution in [2.75, 3.05) is 6.54 Å². The van der Waals surface area contributed by atoms with Crippen LogP contribution in [-0.2, 0) is 11.2 Å². The van der Waals surface area contributed by atoms with Gasteiger partial charge in [0, 0.05) is 6.54 Å². The lowest BCUT2D eigenvalue weighted by atomic mass is 9.96. The van der Waals surface area contributed by atoms with Gasteiger partial charge in [0.15, 0.2) is 0 Å². The topological polar surface area (TPSA) is 79.5 Å². The number of amides is 1. The highest BCUT2D eigenvalue weighted by molar-refractivity contribution is 5.93. The number of hydrogen-bond donors (Lipinski definition) is 2. The number of carbonyl (C=O) groups is 2. The van der Waals surface area contributed by atoms with Gasteiger partial charge in [0.05, 0.1) is 17.7 Å². The maximum atomic E-state index is 11.8. The van der Waals surface area contributed by atoms with E-state index in [1.54, 1.807) is 0 Å². The first-order valence-corrected chi connectivity index (χ1v) is 6.65. The van der Waals surface area contributed by atoms with Crippen molar-refractivity contribution in [2.45, 2.75) is 13.3 Å². The Morgan fingerprint density at radius 1 is 1.29 bits per heavy atom. The van der Waals surface area contributed by atoms with Crippen LogP contribution in [0.4, 0.5) is 0 Å². The van der Waals surface area contributed by atoms with Crippen LogP contribution in [-0.4, -0.2) is 23.5 Å². The fourth-order valence-electron chi connectivity index (χ4n) is 2.06. The molecule has 5 heteroatoms. The van der Waals surface area contributed by atoms with Crippen molar-refractivity contribution in [3.8, 4) is 0 Å². The standard InChI is InChI=1S/C16H17NO4/c1-11-4-2-3-5-12(11)8-14(16(19)20)9-17-15(18)13-6-7-21-10-13/h2-7,10,14H,8-9H2,1H3,(H,17,18)(H,19,20)/t14-/m1/s1. The number of carbonyl (C=O) groups excluding carboxylic acids is 1. The predicted octanol–water partition coefficient (Wildman–Crippen LogP) is 2.26. The molecule has 0 aliphatic carbocycles. The van der Waals surface area contributed by atoms with Crippen molar-refractivity contribution in [2.24, 2.45) is 5.92 Å². The minimum absolute atomic E-state index is 0.0771. The monoisotopic (exact) mass is 287 g/mol. The van der Waals surface area contributed by atoms with Gasteiger partial charge in [0.1, 0.15) is 6.26 Å². The Morgan fingerprint density at radius 2 is 2.05 bits per heavy atom. The zero-order valence-corrected chi connectivity index (χ0v) is 11.7. The van der Waals surface area contributed by atoms with E-state index in [-0.39, 0.29) is 12.5 Å². The van der Waals surface area contributed by atoms with E-state index in [4.69, 9.17) is 4.42 Å². The second-order valence-corrected chi connectivity index (χ2v) is 4.89. The van der Waals surface area contributed by atoms with Gasteiger partial charge in [0.2, 0.25) is 0 Å². The van der Waals surface area contributed by atoms with Crippen LogP contribution in [0.15, 0.2) is 47.3 Å². The summed E-state index contributed by atoms with van der Waals surface area (Å²) in [7, 11) is 0. The molecule has 110 valence electrons. The molecule has 0 radical (unpaired) electrons. The number of carboxylic acid groups (broad SMARTS) is 1. The van der Waals surface area contributed by atoms with Crippen molar-refractivity contribution in [1.82, 2.24) is 5.32 Å². The number of aryl methyl sites for hydroxylation is 1. The molecule has 0 saturated heterocycles. The van der Waals surface area contributed by atoms with Gasteiger partial charge in [-0.15, -0.1) is 0 Å². The third-order valence-corrected chi connectivity index (χ3v) is 3.37. The zero-order valence-electron chi connectivity index (χ0n) is 11.7. The molecule has 21 heavy (non-hydrogen) atoms. The van der Waals surface area contributed by atoms with E-state index in [1.807, 2.05) is 31.2 Å². The van der Waals surface area contributed by atoms with Crippen LogP contribution in [0, 0.1) is 12.8 Å². The van der Waals surface area contributed by atoms with Gasteiger partial charge < -0.3 is 14.8 Å². The minimum atomic E-state index is -0.925. The number of benzene rings is 1. The number of hydrogen-bond acceptors (Lipinski definition) is 3. The normalized spacial score (nSPS) is 11.9. The highest BCUT2D eigenvalue weighted by Gasteiger charge is 2.20. The Labute approximate surface area is 122 Å². The molecule has 0 unspecified atom stereocenters. The summed E-state index contributed by atoms with van der Waals surface area (Å²) >= 11 is 0. The van der Waals surface area contributed by atoms with Crippen LogP contribution < -0.4 is 5.32 Å². The first kappa shape index (κ1) is 14.8. The minimum Gasteiger partial charge on any atom is -0.481 e. The molecular weight excluding hydrogens is 270 g/mol. The van der Waals surface area contributed by atoms with E-state index in [2.05, 4.69) is 5.32 Å². The SMILES string of the molecule is Cc1ccccc1C[C@H](CNC(=O)c1ccoc1)C(=O)O. The predicted molar refractivity (Wildman–Crippen MR) is 77.1 cm³/mol. The summed E-state index contributed by atoms with van der Waals surface area (Å²) in [5.41, 5.74) is 2.41. The largest absolute Gasteiger partial charge is 0.481 e. The molecule has 1 atom stereocenters. The molecule has 0 saturated carbocycles. The Morgan fingerprint density at radius 3 is 2.67 bits per heavy atom. The van der Waals surface area contributed by atoms with Crippen molar-refractivity contribution in [1.29, 1.82) is 0 Å². The second kappa shape index (κ2) is 6.74. The third-order valence-electron chi connectivity index (χ3n) is 3.37. The number of nitrogens with one attached hydrogen (secondary N) is 1. The number of rotatable bonds is 6. The Balaban J connectivity index is 1.98. The molecule has 1 aromatic carbocycles. The number of carboxylic acids is 1. The van der Waals surface area contributed by atoms with Crippen LogP contribution in [0.3, 0.4) is 0 Å². The fourth-order valence-corrected chi connectivity index (χ4v) is 2.06. The van der Waals surface area contributed by atoms with E-state index in [0.29, 0.717) is 12.0 Å². The third kappa shape index (κ3) is 3.95. The van der Waals surface area contributed by atoms with Crippen molar-refractivity contribution in [3.63, 3.8) is 0 Å². The molecular formula is C16H17NO4. The maximum Gasteiger partial charge on any atom is 0.308 e. The van der Waals surface area contributed by atoms with E-state index >= 15 is 0 Å². The molecule has 2 N–H and O–H groups in total. The van der Waals surface area contributed by atoms with Gasteiger partial charge in [-0.1, -0.05) is 24.3 Å². The molecule has 2 aromatic rings. The first-order valence-electron chi connectivity index (χ1n) is 6.65. The van der Waals surface area contributed by atoms with Gasteiger partial charge in [-0.05, 0) is 30.5 Å². The van der Waals surface area contributed by atoms with E-state index in [1.165, 1.54) is 18.6 Å². The summed E-state index contributed by atoms with van der Waals surface area (Å²) in [4.78, 5) is 23.1. The van der Waals surface area contributed by atoms with Crippen LogP contribution >= 0.6 is 0 Å². The van der Waals surface area contributed by atoms with Gasteiger partial charge >= 0.3 is 5.97 Å². The summed E-state index contributed by atoms with van der Waals surface area (Å²) in [6, 6.07) is 9.18. The average Bonchev–Trinajstić information content (AvgIpc) is 2.99. The Hall–Kier alpha value is -2.56. The van der Waals surface area contributed by atoms with Gasteiger partial charge in [-0.25, -0.2) is 0 Å². The highest BCUT2D eigenvalue weighted by Crippen LogP contribution is 2.13. The second-order valence-electron chi connectivity index (χ2n) is 4.89. The van der Waals surface area contributed by atoms with Crippen LogP contribution in [0.25, 0.3) is 0 Å². The van der Waals surface area contributed by atoms with Crippen molar-refractivity contribution >= 4 is 11.9 Å². The van der Waals surface area contributed by atoms with Crippen molar-refractivity contribution < 1.29 is 19.1 Å². The van der Waals surface area contributed by atoms with Gasteiger partial charge in [-0.2, -0.15) is 0 Å². The smallest absolute Gasteiger partial charge is 0.308 e. The highest BCUT2D eigenvalue weighted by atomic mass is 16.4. The number of furan rings is 1. The zero-order chi connectivity index (χ0) is 15.2. The van der Waals surface area contributed by atoms with Gasteiger partial charge in [0.25, 0.3) is 5.91 Å². The average molecular weight is 287 g/mol. The lowest BCUT2D eigenvalue weighted by Crippen LogP contribution is -2.34. The summed E-state index contributed by atoms with van der Waals surface area (Å²) < 4.78 is 4.82. The summed E-state index contributed by atoms with van der Waals surface area (Å²) in [6.07, 6.45) is 3.11. The van der Waals surface area contributed by atoms with E-state index < -0.39 is 11.9 Å². The molecule has 1 aromatic heterocycles. The lowest BCUT2D eigenvalue weighted by Gasteiger charge is -2.14. The van der Waals surface area contributed by atoms with E-state index in [0.717, 1.165) is 11.1 Å². The molecule has 5 nitrogen and oxygen atoms in total. The van der Waals surface area contributed by atoms with Crippen LogP contribution in [0.2, 0.25) is 0 Å². The molecule has 0 bridgehead atoms. The summed E-state index contributed by atoms with van der Waals surface area (Å²) in [6.45, 7) is 2.02. The number of aliphatic carboxylic acids is 1. The molecule has 2 rings (SSSR count). The maximum absolute atomic E-state index is 11.8. The molecule has 1 amide bonds. The fraction of sp³-hybridized carbons (Fsp3) is 0.250. The lowest BCUT2D eigenvalue weighted by molar-refractivity contribution is -0.141. The van der Waals surface area contributed by atoms with Crippen LogP contribution in [0.1, 0.15) is 21.5 Å². The summed E-state index contributed by atoms with van der Waals surface area (Å²) in [5, 5.41) is 11.9. The molecule has 0 aliphatic heterocycles. The molecule has 0 aliphatic rings. The van der Waals surface area contributed by atoms with Gasteiger partial charge in [-0.3, -0.25) is 9.59 Å². The van der Waals surface area contributed by atoms with Crippen LogP contribution in [0.5, 0.6) is 0 Å². The summed E-state index contributed by atoms with van der Waals surface area (Å²) in [5.74, 6) is -1.92. The Bertz CT molecular complexity index is 619. The quantitative estimate of drug-likeness (QED) is 0.854. The molecule has 0 fully saturated rings. The Kier molecular flexibility index (Phi) is 4.77. The molecule has 1 heterocycles. The van der Waals surface area contributed by atoms with Crippen molar-refractivity contribution in [3.05, 3.63) is 59.5 Å². The first-order chi connectivity index (χ1) is 10.1. The van der Waals surface area contributed by atoms with E-state index in [9.17, 15) is 14.7 Å².